The van der Waals surface area contributed by atoms with Gasteiger partial charge >= 0.3 is 0 Å². The van der Waals surface area contributed by atoms with Gasteiger partial charge in [-0.25, -0.2) is 4.39 Å². The number of hydrogen-bond acceptors (Lipinski definition) is 3. The molecule has 3 aromatic carbocycles. The van der Waals surface area contributed by atoms with E-state index in [-0.39, 0.29) is 11.7 Å². The molecule has 4 nitrogen and oxygen atoms in total. The molecule has 0 heterocycles. The number of para-hydroxylation sites is 3. The van der Waals surface area contributed by atoms with Crippen LogP contribution < -0.4 is 14.8 Å². The molecule has 0 aromatic heterocycles. The highest BCUT2D eigenvalue weighted by Gasteiger charge is 2.10. The first kappa shape index (κ1) is 18.5. The van der Waals surface area contributed by atoms with Crippen LogP contribution in [-0.2, 0) is 11.2 Å². The zero-order valence-corrected chi connectivity index (χ0v) is 14.9. The Bertz CT molecular complexity index is 927. The second kappa shape index (κ2) is 8.85. The Morgan fingerprint density at radius 2 is 1.70 bits per heavy atom. The van der Waals surface area contributed by atoms with Crippen molar-refractivity contribution >= 4 is 11.6 Å². The smallest absolute Gasteiger partial charge is 0.224 e. The van der Waals surface area contributed by atoms with Crippen LogP contribution in [0.5, 0.6) is 17.2 Å². The molecule has 1 N–H and O–H groups in total. The minimum Gasteiger partial charge on any atom is -0.496 e. The van der Waals surface area contributed by atoms with Gasteiger partial charge in [0.15, 0.2) is 5.75 Å². The number of halogens is 1. The van der Waals surface area contributed by atoms with E-state index in [1.54, 1.807) is 43.5 Å². The number of methoxy groups -OCH3 is 1. The summed E-state index contributed by atoms with van der Waals surface area (Å²) in [7, 11) is 1.61. The maximum atomic E-state index is 13.3. The average Bonchev–Trinajstić information content (AvgIpc) is 2.68. The van der Waals surface area contributed by atoms with Gasteiger partial charge in [-0.05, 0) is 42.3 Å². The van der Waals surface area contributed by atoms with E-state index in [9.17, 15) is 9.18 Å². The van der Waals surface area contributed by atoms with Crippen LogP contribution in [0.1, 0.15) is 12.0 Å². The summed E-state index contributed by atoms with van der Waals surface area (Å²) in [6, 6.07) is 20.5. The summed E-state index contributed by atoms with van der Waals surface area (Å²) in [5, 5.41) is 2.85. The SMILES string of the molecule is COc1ccccc1CCC(=O)Nc1ccccc1Oc1cccc(F)c1. The summed E-state index contributed by atoms with van der Waals surface area (Å²) in [4.78, 5) is 12.4. The molecule has 0 radical (unpaired) electrons. The monoisotopic (exact) mass is 365 g/mol. The van der Waals surface area contributed by atoms with Crippen LogP contribution in [0.3, 0.4) is 0 Å². The molecule has 0 spiro atoms. The maximum absolute atomic E-state index is 13.3. The number of hydrogen-bond donors (Lipinski definition) is 1. The summed E-state index contributed by atoms with van der Waals surface area (Å²) < 4.78 is 24.4. The Balaban J connectivity index is 1.66. The van der Waals surface area contributed by atoms with E-state index in [0.717, 1.165) is 11.3 Å². The molecule has 0 unspecified atom stereocenters. The third-order valence-electron chi connectivity index (χ3n) is 4.00. The number of carbonyl (C=O) groups is 1. The van der Waals surface area contributed by atoms with Crippen LogP contribution in [0.4, 0.5) is 10.1 Å². The van der Waals surface area contributed by atoms with E-state index in [1.165, 1.54) is 12.1 Å². The Morgan fingerprint density at radius 3 is 2.48 bits per heavy atom. The molecule has 0 aliphatic rings. The molecular formula is C22H20FNO3. The number of amides is 1. The van der Waals surface area contributed by atoms with Crippen molar-refractivity contribution in [1.29, 1.82) is 0 Å². The van der Waals surface area contributed by atoms with Crippen molar-refractivity contribution in [3.8, 4) is 17.2 Å². The summed E-state index contributed by atoms with van der Waals surface area (Å²) in [5.41, 5.74) is 1.51. The van der Waals surface area contributed by atoms with Gasteiger partial charge in [-0.15, -0.1) is 0 Å². The zero-order valence-electron chi connectivity index (χ0n) is 14.9. The zero-order chi connectivity index (χ0) is 19.1. The van der Waals surface area contributed by atoms with Gasteiger partial charge in [-0.1, -0.05) is 36.4 Å². The average molecular weight is 365 g/mol. The Labute approximate surface area is 157 Å². The fourth-order valence-corrected chi connectivity index (χ4v) is 2.69. The van der Waals surface area contributed by atoms with Crippen molar-refractivity contribution in [3.63, 3.8) is 0 Å². The van der Waals surface area contributed by atoms with E-state index < -0.39 is 0 Å². The van der Waals surface area contributed by atoms with Crippen molar-refractivity contribution in [2.45, 2.75) is 12.8 Å². The molecule has 27 heavy (non-hydrogen) atoms. The van der Waals surface area contributed by atoms with Crippen molar-refractivity contribution < 1.29 is 18.7 Å². The van der Waals surface area contributed by atoms with Gasteiger partial charge in [0.1, 0.15) is 17.3 Å². The second-order valence-electron chi connectivity index (χ2n) is 5.92. The molecule has 0 saturated carbocycles. The number of nitrogens with one attached hydrogen (secondary N) is 1. The molecule has 0 fully saturated rings. The lowest BCUT2D eigenvalue weighted by Gasteiger charge is -2.13. The molecule has 0 aliphatic carbocycles. The van der Waals surface area contributed by atoms with E-state index in [0.29, 0.717) is 30.0 Å². The van der Waals surface area contributed by atoms with Gasteiger partial charge in [-0.3, -0.25) is 4.79 Å². The normalized spacial score (nSPS) is 10.3. The van der Waals surface area contributed by atoms with Gasteiger partial charge in [-0.2, -0.15) is 0 Å². The predicted octanol–water partition coefficient (Wildman–Crippen LogP) is 5.20. The Kier molecular flexibility index (Phi) is 6.05. The largest absolute Gasteiger partial charge is 0.496 e. The standard InChI is InChI=1S/C22H20FNO3/c1-26-20-11-4-2-7-16(20)13-14-22(25)24-19-10-3-5-12-21(19)27-18-9-6-8-17(23)15-18/h2-12,15H,13-14H2,1H3,(H,24,25). The van der Waals surface area contributed by atoms with Crippen molar-refractivity contribution in [1.82, 2.24) is 0 Å². The quantitative estimate of drug-likeness (QED) is 0.626. The number of aryl methyl sites for hydroxylation is 1. The second-order valence-corrected chi connectivity index (χ2v) is 5.92. The lowest BCUT2D eigenvalue weighted by Crippen LogP contribution is -2.13. The number of ether oxygens (including phenoxy) is 2. The first-order valence-corrected chi connectivity index (χ1v) is 8.60. The van der Waals surface area contributed by atoms with Crippen LogP contribution in [0, 0.1) is 5.82 Å². The molecule has 0 aliphatic heterocycles. The lowest BCUT2D eigenvalue weighted by molar-refractivity contribution is -0.116. The van der Waals surface area contributed by atoms with Gasteiger partial charge in [0.2, 0.25) is 5.91 Å². The highest BCUT2D eigenvalue weighted by molar-refractivity contribution is 5.92. The first-order chi connectivity index (χ1) is 13.2. The number of anilines is 1. The van der Waals surface area contributed by atoms with E-state index >= 15 is 0 Å². The first-order valence-electron chi connectivity index (χ1n) is 8.60. The fourth-order valence-electron chi connectivity index (χ4n) is 2.69. The molecule has 0 bridgehead atoms. The minimum absolute atomic E-state index is 0.142. The third-order valence-corrected chi connectivity index (χ3v) is 4.00. The van der Waals surface area contributed by atoms with Crippen LogP contribution in [-0.4, -0.2) is 13.0 Å². The van der Waals surface area contributed by atoms with Crippen LogP contribution in [0.2, 0.25) is 0 Å². The van der Waals surface area contributed by atoms with Gasteiger partial charge in [0.25, 0.3) is 0 Å². The van der Waals surface area contributed by atoms with Gasteiger partial charge in [0, 0.05) is 12.5 Å². The number of rotatable bonds is 7. The summed E-state index contributed by atoms with van der Waals surface area (Å²) in [6.07, 6.45) is 0.859. The van der Waals surface area contributed by atoms with E-state index in [1.807, 2.05) is 24.3 Å². The van der Waals surface area contributed by atoms with Crippen molar-refractivity contribution in [2.75, 3.05) is 12.4 Å². The molecule has 3 rings (SSSR count). The Morgan fingerprint density at radius 1 is 0.963 bits per heavy atom. The minimum atomic E-state index is -0.383. The Hall–Kier alpha value is -3.34. The molecule has 0 atom stereocenters. The highest BCUT2D eigenvalue weighted by Crippen LogP contribution is 2.29. The van der Waals surface area contributed by atoms with E-state index in [4.69, 9.17) is 9.47 Å². The molecule has 0 saturated heterocycles. The summed E-state index contributed by atoms with van der Waals surface area (Å²) in [5.74, 6) is 1.06. The van der Waals surface area contributed by atoms with Gasteiger partial charge in [0.05, 0.1) is 12.8 Å². The summed E-state index contributed by atoms with van der Waals surface area (Å²) in [6.45, 7) is 0. The van der Waals surface area contributed by atoms with E-state index in [2.05, 4.69) is 5.32 Å². The topological polar surface area (TPSA) is 47.6 Å². The van der Waals surface area contributed by atoms with Crippen LogP contribution in [0.15, 0.2) is 72.8 Å². The number of benzene rings is 3. The van der Waals surface area contributed by atoms with Crippen LogP contribution >= 0.6 is 0 Å². The molecule has 1 amide bonds. The van der Waals surface area contributed by atoms with Gasteiger partial charge < -0.3 is 14.8 Å². The van der Waals surface area contributed by atoms with Crippen molar-refractivity contribution in [3.05, 3.63) is 84.2 Å². The third kappa shape index (κ3) is 5.07. The lowest BCUT2D eigenvalue weighted by atomic mass is 10.1. The predicted molar refractivity (Wildman–Crippen MR) is 103 cm³/mol. The fraction of sp³-hybridized carbons (Fsp3) is 0.136. The number of carbonyl (C=O) groups excluding carboxylic acids is 1. The molecule has 5 heteroatoms. The molecular weight excluding hydrogens is 345 g/mol. The van der Waals surface area contributed by atoms with Crippen molar-refractivity contribution in [2.24, 2.45) is 0 Å². The summed E-state index contributed by atoms with van der Waals surface area (Å²) >= 11 is 0. The molecule has 138 valence electrons. The molecule has 3 aromatic rings. The van der Waals surface area contributed by atoms with Crippen LogP contribution in [0.25, 0.3) is 0 Å². The highest BCUT2D eigenvalue weighted by atomic mass is 19.1. The maximum Gasteiger partial charge on any atom is 0.224 e.